The summed E-state index contributed by atoms with van der Waals surface area (Å²) in [5.41, 5.74) is 2.46. The van der Waals surface area contributed by atoms with Crippen molar-refractivity contribution in [2.45, 2.75) is 13.8 Å². The second-order valence-electron chi connectivity index (χ2n) is 4.92. The quantitative estimate of drug-likeness (QED) is 0.760. The van der Waals surface area contributed by atoms with Gasteiger partial charge in [-0.15, -0.1) is 11.3 Å². The van der Waals surface area contributed by atoms with Crippen LogP contribution in [0.25, 0.3) is 10.6 Å². The highest BCUT2D eigenvalue weighted by atomic mass is 32.1. The molecule has 2 aromatic heterocycles. The van der Waals surface area contributed by atoms with E-state index >= 15 is 0 Å². The minimum atomic E-state index is 0.0579. The van der Waals surface area contributed by atoms with E-state index in [4.69, 9.17) is 4.74 Å². The zero-order chi connectivity index (χ0) is 16.4. The molecule has 0 aliphatic carbocycles. The largest absolute Gasteiger partial charge is 0.504 e. The monoisotopic (exact) mass is 328 g/mol. The molecule has 0 aliphatic heterocycles. The first-order chi connectivity index (χ1) is 11.1. The summed E-state index contributed by atoms with van der Waals surface area (Å²) in [6.07, 6.45) is 1.70. The third kappa shape index (κ3) is 3.24. The lowest BCUT2D eigenvalue weighted by Gasteiger charge is -2.08. The molecular weight excluding hydrogens is 312 g/mol. The zero-order valence-electron chi connectivity index (χ0n) is 13.0. The fourth-order valence-corrected chi connectivity index (χ4v) is 3.10. The number of benzene rings is 1. The number of ether oxygens (including phenoxy) is 1. The molecule has 0 aliphatic rings. The number of methoxy groups -OCH3 is 1. The number of aryl methyl sites for hydroxylation is 2. The first kappa shape index (κ1) is 15.2. The second kappa shape index (κ2) is 6.21. The highest BCUT2D eigenvalue weighted by molar-refractivity contribution is 7.15. The normalized spacial score (nSPS) is 10.6. The molecule has 0 fully saturated rings. The summed E-state index contributed by atoms with van der Waals surface area (Å²) in [7, 11) is 1.51. The smallest absolute Gasteiger partial charge is 0.227 e. The average molecular weight is 328 g/mol. The molecule has 23 heavy (non-hydrogen) atoms. The minimum absolute atomic E-state index is 0.0579. The van der Waals surface area contributed by atoms with Gasteiger partial charge in [0, 0.05) is 18.0 Å². The van der Waals surface area contributed by atoms with Crippen LogP contribution in [0.1, 0.15) is 10.7 Å². The number of nitrogens with one attached hydrogen (secondary N) is 1. The summed E-state index contributed by atoms with van der Waals surface area (Å²) in [4.78, 5) is 14.2. The van der Waals surface area contributed by atoms with E-state index in [2.05, 4.69) is 20.3 Å². The van der Waals surface area contributed by atoms with Crippen molar-refractivity contribution < 1.29 is 9.84 Å². The van der Waals surface area contributed by atoms with Crippen LogP contribution in [0.4, 0.5) is 11.6 Å². The van der Waals surface area contributed by atoms with Crippen LogP contribution in [0, 0.1) is 13.8 Å². The Morgan fingerprint density at radius 1 is 1.17 bits per heavy atom. The van der Waals surface area contributed by atoms with Crippen molar-refractivity contribution in [1.29, 1.82) is 0 Å². The van der Waals surface area contributed by atoms with Crippen molar-refractivity contribution in [2.75, 3.05) is 12.4 Å². The van der Waals surface area contributed by atoms with Gasteiger partial charge in [0.2, 0.25) is 5.95 Å². The lowest BCUT2D eigenvalue weighted by molar-refractivity contribution is 0.373. The molecule has 0 unspecified atom stereocenters. The van der Waals surface area contributed by atoms with Gasteiger partial charge in [-0.1, -0.05) is 0 Å². The molecule has 3 rings (SSSR count). The van der Waals surface area contributed by atoms with E-state index < -0.39 is 0 Å². The Bertz CT molecular complexity index is 848. The Hall–Kier alpha value is -2.67. The van der Waals surface area contributed by atoms with Crippen molar-refractivity contribution in [2.24, 2.45) is 0 Å². The lowest BCUT2D eigenvalue weighted by atomic mass is 10.2. The Morgan fingerprint density at radius 3 is 2.65 bits per heavy atom. The number of aromatic nitrogens is 3. The van der Waals surface area contributed by atoms with Crippen LogP contribution in [0.15, 0.2) is 30.5 Å². The van der Waals surface area contributed by atoms with E-state index in [1.807, 2.05) is 19.9 Å². The third-order valence-electron chi connectivity index (χ3n) is 3.23. The van der Waals surface area contributed by atoms with Crippen molar-refractivity contribution >= 4 is 23.0 Å². The van der Waals surface area contributed by atoms with Crippen LogP contribution >= 0.6 is 11.3 Å². The Balaban J connectivity index is 1.88. The first-order valence-corrected chi connectivity index (χ1v) is 7.80. The third-order valence-corrected chi connectivity index (χ3v) is 4.32. The molecule has 2 heterocycles. The fraction of sp³-hybridized carbons (Fsp3) is 0.188. The van der Waals surface area contributed by atoms with E-state index in [-0.39, 0.29) is 5.75 Å². The molecule has 118 valence electrons. The van der Waals surface area contributed by atoms with Crippen LogP contribution in [0.3, 0.4) is 0 Å². The molecule has 2 N–H and O–H groups in total. The lowest BCUT2D eigenvalue weighted by Crippen LogP contribution is -1.98. The van der Waals surface area contributed by atoms with Gasteiger partial charge in [-0.05, 0) is 32.0 Å². The SMILES string of the molecule is COc1ccc(Nc2nccc(-c3sc(C)nc3C)n2)cc1O. The van der Waals surface area contributed by atoms with Gasteiger partial charge in [0.15, 0.2) is 11.5 Å². The van der Waals surface area contributed by atoms with E-state index in [0.29, 0.717) is 17.4 Å². The van der Waals surface area contributed by atoms with Crippen LogP contribution in [-0.2, 0) is 0 Å². The average Bonchev–Trinajstić information content (AvgIpc) is 2.86. The molecule has 7 heteroatoms. The Kier molecular flexibility index (Phi) is 4.12. The summed E-state index contributed by atoms with van der Waals surface area (Å²) in [6, 6.07) is 6.89. The molecule has 0 amide bonds. The minimum Gasteiger partial charge on any atom is -0.504 e. The zero-order valence-corrected chi connectivity index (χ0v) is 13.8. The van der Waals surface area contributed by atoms with Crippen LogP contribution in [0.5, 0.6) is 11.5 Å². The number of aromatic hydroxyl groups is 1. The van der Waals surface area contributed by atoms with Gasteiger partial charge in [-0.3, -0.25) is 0 Å². The standard InChI is InChI=1S/C16H16N4O2S/c1-9-15(23-10(2)18-9)12-6-7-17-16(20-12)19-11-4-5-14(22-3)13(21)8-11/h4-8,21H,1-3H3,(H,17,19,20). The maximum Gasteiger partial charge on any atom is 0.227 e. The summed E-state index contributed by atoms with van der Waals surface area (Å²) in [5, 5.41) is 13.9. The molecule has 0 atom stereocenters. The van der Waals surface area contributed by atoms with E-state index in [0.717, 1.165) is 21.3 Å². The van der Waals surface area contributed by atoms with E-state index in [9.17, 15) is 5.11 Å². The predicted molar refractivity (Wildman–Crippen MR) is 90.6 cm³/mol. The maximum absolute atomic E-state index is 9.83. The fourth-order valence-electron chi connectivity index (χ4n) is 2.21. The molecule has 0 saturated carbocycles. The van der Waals surface area contributed by atoms with Gasteiger partial charge in [-0.2, -0.15) is 0 Å². The van der Waals surface area contributed by atoms with Gasteiger partial charge in [0.25, 0.3) is 0 Å². The van der Waals surface area contributed by atoms with Crippen molar-refractivity contribution in [3.63, 3.8) is 0 Å². The number of hydrogen-bond acceptors (Lipinski definition) is 7. The van der Waals surface area contributed by atoms with Crippen molar-refractivity contribution in [3.05, 3.63) is 41.2 Å². The van der Waals surface area contributed by atoms with Gasteiger partial charge in [0.05, 0.1) is 28.4 Å². The highest BCUT2D eigenvalue weighted by Crippen LogP contribution is 2.31. The van der Waals surface area contributed by atoms with E-state index in [1.165, 1.54) is 7.11 Å². The van der Waals surface area contributed by atoms with Crippen molar-refractivity contribution in [3.8, 4) is 22.1 Å². The molecular formula is C16H16N4O2S. The molecule has 0 spiro atoms. The molecule has 0 radical (unpaired) electrons. The van der Waals surface area contributed by atoms with Gasteiger partial charge < -0.3 is 15.2 Å². The maximum atomic E-state index is 9.83. The molecule has 1 aromatic carbocycles. The van der Waals surface area contributed by atoms with Crippen LogP contribution < -0.4 is 10.1 Å². The van der Waals surface area contributed by atoms with Gasteiger partial charge in [0.1, 0.15) is 0 Å². The Labute approximate surface area is 137 Å². The number of hydrogen-bond donors (Lipinski definition) is 2. The highest BCUT2D eigenvalue weighted by Gasteiger charge is 2.10. The summed E-state index contributed by atoms with van der Waals surface area (Å²) < 4.78 is 5.03. The summed E-state index contributed by atoms with van der Waals surface area (Å²) >= 11 is 1.60. The predicted octanol–water partition coefficient (Wildman–Crippen LogP) is 3.67. The second-order valence-corrected chi connectivity index (χ2v) is 6.13. The summed E-state index contributed by atoms with van der Waals surface area (Å²) in [5.74, 6) is 0.932. The molecule has 0 saturated heterocycles. The van der Waals surface area contributed by atoms with E-state index in [1.54, 1.807) is 35.7 Å². The first-order valence-electron chi connectivity index (χ1n) is 6.98. The number of rotatable bonds is 4. The van der Waals surface area contributed by atoms with Crippen LogP contribution in [-0.4, -0.2) is 27.2 Å². The number of nitrogens with zero attached hydrogens (tertiary/aromatic N) is 3. The topological polar surface area (TPSA) is 80.2 Å². The summed E-state index contributed by atoms with van der Waals surface area (Å²) in [6.45, 7) is 3.94. The number of anilines is 2. The molecule has 3 aromatic rings. The van der Waals surface area contributed by atoms with Crippen molar-refractivity contribution in [1.82, 2.24) is 15.0 Å². The number of phenolic OH excluding ortho intramolecular Hbond substituents is 1. The number of thiazole rings is 1. The molecule has 0 bridgehead atoms. The van der Waals surface area contributed by atoms with Gasteiger partial charge in [-0.25, -0.2) is 15.0 Å². The number of phenols is 1. The molecule has 6 nitrogen and oxygen atoms in total. The Morgan fingerprint density at radius 2 is 2.00 bits per heavy atom. The van der Waals surface area contributed by atoms with Crippen LogP contribution in [0.2, 0.25) is 0 Å². The van der Waals surface area contributed by atoms with Gasteiger partial charge >= 0.3 is 0 Å².